The minimum absolute atomic E-state index is 0.202. The summed E-state index contributed by atoms with van der Waals surface area (Å²) in [6, 6.07) is 0.202. The van der Waals surface area contributed by atoms with Crippen molar-refractivity contribution in [3.63, 3.8) is 0 Å². The molecule has 0 radical (unpaired) electrons. The van der Waals surface area contributed by atoms with Crippen LogP contribution < -0.4 is 5.32 Å². The molecule has 0 atom stereocenters. The number of amides is 2. The molecule has 1 N–H and O–H groups in total. The zero-order valence-corrected chi connectivity index (χ0v) is 32.4. The Bertz CT molecular complexity index is 541. The Morgan fingerprint density at radius 3 is 0.804 bits per heavy atom. The highest BCUT2D eigenvalue weighted by molar-refractivity contribution is 5.74. The van der Waals surface area contributed by atoms with Crippen LogP contribution in [0.15, 0.2) is 0 Å². The molecule has 0 unspecified atom stereocenters. The van der Waals surface area contributed by atoms with E-state index in [4.69, 9.17) is 0 Å². The van der Waals surface area contributed by atoms with Crippen molar-refractivity contribution < 1.29 is 4.79 Å². The summed E-state index contributed by atoms with van der Waals surface area (Å²) in [7, 11) is 0. The molecule has 0 bridgehead atoms. The molecule has 0 aromatic rings. The maximum Gasteiger partial charge on any atom is 0.317 e. The van der Waals surface area contributed by atoms with Gasteiger partial charge >= 0.3 is 6.03 Å². The molecule has 276 valence electrons. The van der Waals surface area contributed by atoms with Crippen LogP contribution in [0.1, 0.15) is 252 Å². The van der Waals surface area contributed by atoms with Crippen LogP contribution in [-0.2, 0) is 0 Å². The molecule has 0 fully saturated rings. The number of hydrogen-bond acceptors (Lipinski definition) is 1. The van der Waals surface area contributed by atoms with E-state index < -0.39 is 0 Å². The van der Waals surface area contributed by atoms with Gasteiger partial charge in [0.1, 0.15) is 0 Å². The topological polar surface area (TPSA) is 32.3 Å². The molecule has 0 aliphatic rings. The summed E-state index contributed by atoms with van der Waals surface area (Å²) in [5.74, 6) is 0. The van der Waals surface area contributed by atoms with Gasteiger partial charge in [0.2, 0.25) is 0 Å². The van der Waals surface area contributed by atoms with Gasteiger partial charge in [-0.15, -0.1) is 0 Å². The Balaban J connectivity index is 3.96. The highest BCUT2D eigenvalue weighted by Gasteiger charge is 2.12. The third-order valence-corrected chi connectivity index (χ3v) is 10.2. The fraction of sp³-hybridized carbons (Fsp3) is 0.977. The Morgan fingerprint density at radius 2 is 0.543 bits per heavy atom. The largest absolute Gasteiger partial charge is 0.338 e. The highest BCUT2D eigenvalue weighted by atomic mass is 16.2. The molecule has 3 heteroatoms. The van der Waals surface area contributed by atoms with Crippen molar-refractivity contribution in [2.45, 2.75) is 252 Å². The van der Waals surface area contributed by atoms with Crippen molar-refractivity contribution in [1.82, 2.24) is 10.2 Å². The first-order valence-electron chi connectivity index (χ1n) is 21.8. The number of hydrogen-bond donors (Lipinski definition) is 1. The van der Waals surface area contributed by atoms with Crippen LogP contribution >= 0.6 is 0 Å². The van der Waals surface area contributed by atoms with E-state index >= 15 is 0 Å². The van der Waals surface area contributed by atoms with Crippen molar-refractivity contribution in [2.75, 3.05) is 19.6 Å². The Labute approximate surface area is 292 Å². The van der Waals surface area contributed by atoms with Crippen LogP contribution in [0.5, 0.6) is 0 Å². The number of unbranched alkanes of at least 4 members (excludes halogenated alkanes) is 33. The van der Waals surface area contributed by atoms with Crippen molar-refractivity contribution in [2.24, 2.45) is 0 Å². The van der Waals surface area contributed by atoms with Crippen molar-refractivity contribution in [3.8, 4) is 0 Å². The van der Waals surface area contributed by atoms with Gasteiger partial charge in [-0.25, -0.2) is 4.79 Å². The smallest absolute Gasteiger partial charge is 0.317 e. The van der Waals surface area contributed by atoms with E-state index in [1.54, 1.807) is 0 Å². The zero-order valence-electron chi connectivity index (χ0n) is 32.4. The predicted octanol–water partition coefficient (Wildman–Crippen LogP) is 15.1. The molecular weight excluding hydrogens is 560 g/mol. The normalized spacial score (nSPS) is 11.4. The minimum atomic E-state index is 0.202. The van der Waals surface area contributed by atoms with Gasteiger partial charge in [-0.2, -0.15) is 0 Å². The average molecular weight is 649 g/mol. The van der Waals surface area contributed by atoms with Crippen molar-refractivity contribution in [1.29, 1.82) is 0 Å². The number of carbonyl (C=O) groups is 1. The molecule has 0 aliphatic carbocycles. The number of carbonyl (C=O) groups excluding carboxylic acids is 1. The predicted molar refractivity (Wildman–Crippen MR) is 208 cm³/mol. The number of nitrogens with one attached hydrogen (secondary N) is 1. The summed E-state index contributed by atoms with van der Waals surface area (Å²) in [4.78, 5) is 15.3. The van der Waals surface area contributed by atoms with Gasteiger partial charge in [-0.1, -0.05) is 233 Å². The first kappa shape index (κ1) is 45.3. The summed E-state index contributed by atoms with van der Waals surface area (Å²) >= 11 is 0. The maximum atomic E-state index is 13.1. The SMILES string of the molecule is CCCCCCCCCCCCCCCCCCNC(=O)N(CCCCCCCCCCCC)CCCCCCCCCCCC. The van der Waals surface area contributed by atoms with Gasteiger partial charge in [-0.05, 0) is 19.3 Å². The summed E-state index contributed by atoms with van der Waals surface area (Å²) < 4.78 is 0. The molecule has 46 heavy (non-hydrogen) atoms. The van der Waals surface area contributed by atoms with Crippen molar-refractivity contribution >= 4 is 6.03 Å². The third-order valence-electron chi connectivity index (χ3n) is 10.2. The second-order valence-electron chi connectivity index (χ2n) is 14.9. The molecule has 3 nitrogen and oxygen atoms in total. The lowest BCUT2D eigenvalue weighted by atomic mass is 10.0. The molecular formula is C43H88N2O. The molecule has 0 spiro atoms. The third kappa shape index (κ3) is 36.1. The molecule has 0 heterocycles. The first-order valence-corrected chi connectivity index (χ1v) is 21.8. The van der Waals surface area contributed by atoms with Gasteiger partial charge in [0.25, 0.3) is 0 Å². The Kier molecular flexibility index (Phi) is 39.8. The number of urea groups is 1. The van der Waals surface area contributed by atoms with E-state index in [2.05, 4.69) is 31.0 Å². The summed E-state index contributed by atoms with van der Waals surface area (Å²) in [5.41, 5.74) is 0. The van der Waals surface area contributed by atoms with E-state index in [9.17, 15) is 4.79 Å². The molecule has 0 aromatic carbocycles. The molecule has 0 rings (SSSR count). The van der Waals surface area contributed by atoms with Crippen molar-refractivity contribution in [3.05, 3.63) is 0 Å². The zero-order chi connectivity index (χ0) is 33.4. The van der Waals surface area contributed by atoms with Crippen LogP contribution in [-0.4, -0.2) is 30.6 Å². The quantitative estimate of drug-likeness (QED) is 0.0661. The van der Waals surface area contributed by atoms with Crippen LogP contribution in [0.2, 0.25) is 0 Å². The summed E-state index contributed by atoms with van der Waals surface area (Å²) in [6.45, 7) is 9.62. The van der Waals surface area contributed by atoms with Gasteiger partial charge < -0.3 is 10.2 Å². The van der Waals surface area contributed by atoms with Gasteiger partial charge in [0.15, 0.2) is 0 Å². The molecule has 0 saturated carbocycles. The van der Waals surface area contributed by atoms with Gasteiger partial charge in [-0.3, -0.25) is 0 Å². The number of rotatable bonds is 39. The monoisotopic (exact) mass is 649 g/mol. The highest BCUT2D eigenvalue weighted by Crippen LogP contribution is 2.15. The van der Waals surface area contributed by atoms with Crippen LogP contribution in [0.4, 0.5) is 4.79 Å². The second kappa shape index (κ2) is 40.4. The molecule has 2 amide bonds. The van der Waals surface area contributed by atoms with E-state index in [-0.39, 0.29) is 6.03 Å². The molecule has 0 saturated heterocycles. The lowest BCUT2D eigenvalue weighted by Crippen LogP contribution is -2.41. The second-order valence-corrected chi connectivity index (χ2v) is 14.9. The van der Waals surface area contributed by atoms with E-state index in [0.717, 1.165) is 26.1 Å². The molecule has 0 aliphatic heterocycles. The van der Waals surface area contributed by atoms with E-state index in [1.807, 2.05) is 0 Å². The van der Waals surface area contributed by atoms with Crippen LogP contribution in [0.3, 0.4) is 0 Å². The van der Waals surface area contributed by atoms with Gasteiger partial charge in [0, 0.05) is 19.6 Å². The number of nitrogens with zero attached hydrogens (tertiary/aromatic N) is 1. The fourth-order valence-electron chi connectivity index (χ4n) is 6.88. The maximum absolute atomic E-state index is 13.1. The molecule has 0 aromatic heterocycles. The van der Waals surface area contributed by atoms with E-state index in [0.29, 0.717) is 0 Å². The Morgan fingerprint density at radius 1 is 0.326 bits per heavy atom. The van der Waals surface area contributed by atoms with Crippen LogP contribution in [0, 0.1) is 0 Å². The van der Waals surface area contributed by atoms with Gasteiger partial charge in [0.05, 0.1) is 0 Å². The first-order chi connectivity index (χ1) is 22.8. The lowest BCUT2D eigenvalue weighted by molar-refractivity contribution is 0.195. The standard InChI is InChI=1S/C43H88N2O/c1-4-7-10-13-16-19-22-23-24-25-26-27-28-31-34-37-40-44-43(46)45(41-38-35-32-29-20-17-14-11-8-5-2)42-39-36-33-30-21-18-15-12-9-6-3/h4-42H2,1-3H3,(H,44,46). The summed E-state index contributed by atoms with van der Waals surface area (Å²) in [6.07, 6.45) is 49.3. The van der Waals surface area contributed by atoms with E-state index in [1.165, 1.54) is 225 Å². The summed E-state index contributed by atoms with van der Waals surface area (Å²) in [5, 5.41) is 3.29. The average Bonchev–Trinajstić information content (AvgIpc) is 3.06. The Hall–Kier alpha value is -0.730. The lowest BCUT2D eigenvalue weighted by Gasteiger charge is -2.23. The minimum Gasteiger partial charge on any atom is -0.338 e. The fourth-order valence-corrected chi connectivity index (χ4v) is 6.88. The van der Waals surface area contributed by atoms with Crippen LogP contribution in [0.25, 0.3) is 0 Å².